The molecule has 0 amide bonds. The van der Waals surface area contributed by atoms with Gasteiger partial charge in [0.1, 0.15) is 11.9 Å². The lowest BCUT2D eigenvalue weighted by atomic mass is 10.0. The molecule has 2 aromatic rings. The smallest absolute Gasteiger partial charge is 0.125 e. The minimum Gasteiger partial charge on any atom is -0.496 e. The Labute approximate surface area is 133 Å². The predicted molar refractivity (Wildman–Crippen MR) is 83.9 cm³/mol. The molecule has 0 bridgehead atoms. The molecule has 100 valence electrons. The molecule has 0 spiro atoms. The second kappa shape index (κ2) is 6.27. The van der Waals surface area contributed by atoms with Crippen molar-refractivity contribution in [1.82, 2.24) is 0 Å². The van der Waals surface area contributed by atoms with Crippen molar-refractivity contribution in [2.45, 2.75) is 6.10 Å². The number of ether oxygens (including phenoxy) is 1. The molecule has 0 aliphatic heterocycles. The van der Waals surface area contributed by atoms with Gasteiger partial charge in [-0.2, -0.15) is 0 Å². The summed E-state index contributed by atoms with van der Waals surface area (Å²) in [7, 11) is 1.57. The molecule has 1 N–H and O–H groups in total. The Morgan fingerprint density at radius 3 is 2.47 bits per heavy atom. The Balaban J connectivity index is 2.45. The van der Waals surface area contributed by atoms with E-state index in [0.29, 0.717) is 16.3 Å². The van der Waals surface area contributed by atoms with Crippen LogP contribution in [0.25, 0.3) is 0 Å². The monoisotopic (exact) mass is 404 g/mol. The van der Waals surface area contributed by atoms with Gasteiger partial charge in [-0.15, -0.1) is 0 Å². The van der Waals surface area contributed by atoms with Crippen LogP contribution < -0.4 is 4.74 Å². The number of hydrogen-bond donors (Lipinski definition) is 1. The molecule has 0 saturated carbocycles. The van der Waals surface area contributed by atoms with E-state index in [1.165, 1.54) is 0 Å². The van der Waals surface area contributed by atoms with E-state index in [9.17, 15) is 5.11 Å². The molecule has 5 heteroatoms. The van der Waals surface area contributed by atoms with Crippen LogP contribution >= 0.6 is 43.5 Å². The molecule has 0 aliphatic rings. The first-order valence-corrected chi connectivity index (χ1v) is 7.45. The highest BCUT2D eigenvalue weighted by Crippen LogP contribution is 2.34. The first-order valence-electron chi connectivity index (χ1n) is 5.49. The Morgan fingerprint density at radius 2 is 1.84 bits per heavy atom. The lowest BCUT2D eigenvalue weighted by Gasteiger charge is -2.16. The van der Waals surface area contributed by atoms with Crippen molar-refractivity contribution in [3.63, 3.8) is 0 Å². The Kier molecular flexibility index (Phi) is 4.90. The van der Waals surface area contributed by atoms with E-state index in [0.717, 1.165) is 14.5 Å². The summed E-state index contributed by atoms with van der Waals surface area (Å²) in [5, 5.41) is 11.0. The molecule has 0 heterocycles. The molecule has 1 atom stereocenters. The number of aliphatic hydroxyl groups excluding tert-OH is 1. The van der Waals surface area contributed by atoms with Gasteiger partial charge in [0.2, 0.25) is 0 Å². The highest BCUT2D eigenvalue weighted by molar-refractivity contribution is 9.13. The van der Waals surface area contributed by atoms with Crippen molar-refractivity contribution < 1.29 is 9.84 Å². The minimum atomic E-state index is -0.793. The zero-order valence-electron chi connectivity index (χ0n) is 10.0. The summed E-state index contributed by atoms with van der Waals surface area (Å²) in [5.41, 5.74) is 1.40. The molecule has 1 unspecified atom stereocenters. The molecule has 0 aromatic heterocycles. The van der Waals surface area contributed by atoms with Crippen molar-refractivity contribution in [3.8, 4) is 5.75 Å². The maximum atomic E-state index is 10.5. The lowest BCUT2D eigenvalue weighted by Crippen LogP contribution is -2.02. The van der Waals surface area contributed by atoms with Crippen LogP contribution in [-0.4, -0.2) is 12.2 Å². The molecule has 0 radical (unpaired) electrons. The van der Waals surface area contributed by atoms with Crippen molar-refractivity contribution >= 4 is 43.5 Å². The van der Waals surface area contributed by atoms with Crippen LogP contribution in [0.5, 0.6) is 5.75 Å². The Morgan fingerprint density at radius 1 is 1.11 bits per heavy atom. The van der Waals surface area contributed by atoms with Crippen LogP contribution in [0.2, 0.25) is 5.02 Å². The first kappa shape index (κ1) is 14.9. The quantitative estimate of drug-likeness (QED) is 0.781. The zero-order valence-corrected chi connectivity index (χ0v) is 14.0. The predicted octanol–water partition coefficient (Wildman–Crippen LogP) is 4.96. The fraction of sp³-hybridized carbons (Fsp3) is 0.143. The van der Waals surface area contributed by atoms with Crippen LogP contribution in [0, 0.1) is 0 Å². The molecular weight excluding hydrogens is 395 g/mol. The maximum absolute atomic E-state index is 10.5. The molecule has 2 aromatic carbocycles. The van der Waals surface area contributed by atoms with E-state index in [-0.39, 0.29) is 0 Å². The summed E-state index contributed by atoms with van der Waals surface area (Å²) in [4.78, 5) is 0. The summed E-state index contributed by atoms with van der Waals surface area (Å²) >= 11 is 12.8. The maximum Gasteiger partial charge on any atom is 0.125 e. The third-order valence-corrected chi connectivity index (χ3v) is 4.86. The third kappa shape index (κ3) is 3.31. The van der Waals surface area contributed by atoms with Gasteiger partial charge in [0.05, 0.1) is 7.11 Å². The van der Waals surface area contributed by atoms with Crippen molar-refractivity contribution in [3.05, 3.63) is 61.5 Å². The van der Waals surface area contributed by atoms with E-state index >= 15 is 0 Å². The number of aliphatic hydroxyl groups is 1. The normalized spacial score (nSPS) is 12.3. The number of methoxy groups -OCH3 is 1. The van der Waals surface area contributed by atoms with Crippen LogP contribution in [0.3, 0.4) is 0 Å². The van der Waals surface area contributed by atoms with Gasteiger partial charge < -0.3 is 9.84 Å². The molecule has 2 nitrogen and oxygen atoms in total. The Bertz CT molecular complexity index is 602. The summed E-state index contributed by atoms with van der Waals surface area (Å²) in [5.74, 6) is 0.607. The van der Waals surface area contributed by atoms with Gasteiger partial charge in [-0.25, -0.2) is 0 Å². The van der Waals surface area contributed by atoms with E-state index < -0.39 is 6.10 Å². The second-order valence-corrected chi connectivity index (χ2v) is 6.11. The molecular formula is C14H11Br2ClO2. The van der Waals surface area contributed by atoms with Crippen LogP contribution in [0.1, 0.15) is 17.2 Å². The Hall–Kier alpha value is -0.550. The molecule has 0 saturated heterocycles. The first-order chi connectivity index (χ1) is 9.02. The third-order valence-electron chi connectivity index (χ3n) is 2.75. The SMILES string of the molecule is COc1ccc(Cl)cc1C(O)c1ccc(Br)c(Br)c1. The van der Waals surface area contributed by atoms with E-state index in [1.54, 1.807) is 25.3 Å². The fourth-order valence-corrected chi connectivity index (χ4v) is 2.60. The molecule has 19 heavy (non-hydrogen) atoms. The zero-order chi connectivity index (χ0) is 14.0. The van der Waals surface area contributed by atoms with Crippen LogP contribution in [0.4, 0.5) is 0 Å². The number of rotatable bonds is 3. The van der Waals surface area contributed by atoms with Gasteiger partial charge >= 0.3 is 0 Å². The summed E-state index contributed by atoms with van der Waals surface area (Å²) in [6.45, 7) is 0. The van der Waals surface area contributed by atoms with Crippen molar-refractivity contribution in [2.24, 2.45) is 0 Å². The van der Waals surface area contributed by atoms with Crippen molar-refractivity contribution in [2.75, 3.05) is 7.11 Å². The van der Waals surface area contributed by atoms with Gasteiger partial charge in [-0.3, -0.25) is 0 Å². The summed E-state index contributed by atoms with van der Waals surface area (Å²) in [6.07, 6.45) is -0.793. The van der Waals surface area contributed by atoms with Gasteiger partial charge in [-0.1, -0.05) is 17.7 Å². The van der Waals surface area contributed by atoms with Gasteiger partial charge in [-0.05, 0) is 67.8 Å². The molecule has 0 aliphatic carbocycles. The highest BCUT2D eigenvalue weighted by atomic mass is 79.9. The summed E-state index contributed by atoms with van der Waals surface area (Å²) in [6, 6.07) is 10.8. The second-order valence-electron chi connectivity index (χ2n) is 3.96. The number of hydrogen-bond acceptors (Lipinski definition) is 2. The molecule has 2 rings (SSSR count). The lowest BCUT2D eigenvalue weighted by molar-refractivity contribution is 0.214. The average Bonchev–Trinajstić information content (AvgIpc) is 2.41. The van der Waals surface area contributed by atoms with Crippen LogP contribution in [0.15, 0.2) is 45.3 Å². The standard InChI is InChI=1S/C14H11Br2ClO2/c1-19-13-5-3-9(17)7-10(13)14(18)8-2-4-11(15)12(16)6-8/h2-7,14,18H,1H3. The van der Waals surface area contributed by atoms with E-state index in [1.807, 2.05) is 18.2 Å². The van der Waals surface area contributed by atoms with Gasteiger partial charge in [0.15, 0.2) is 0 Å². The fourth-order valence-electron chi connectivity index (χ4n) is 1.78. The molecule has 0 fully saturated rings. The number of benzene rings is 2. The van der Waals surface area contributed by atoms with Gasteiger partial charge in [0, 0.05) is 19.5 Å². The average molecular weight is 407 g/mol. The van der Waals surface area contributed by atoms with E-state index in [2.05, 4.69) is 31.9 Å². The largest absolute Gasteiger partial charge is 0.496 e. The van der Waals surface area contributed by atoms with Gasteiger partial charge in [0.25, 0.3) is 0 Å². The number of halogens is 3. The highest BCUT2D eigenvalue weighted by Gasteiger charge is 2.16. The van der Waals surface area contributed by atoms with E-state index in [4.69, 9.17) is 16.3 Å². The van der Waals surface area contributed by atoms with Crippen LogP contribution in [-0.2, 0) is 0 Å². The topological polar surface area (TPSA) is 29.5 Å². The minimum absolute atomic E-state index is 0.561. The van der Waals surface area contributed by atoms with Crippen molar-refractivity contribution in [1.29, 1.82) is 0 Å². The summed E-state index contributed by atoms with van der Waals surface area (Å²) < 4.78 is 7.07.